The summed E-state index contributed by atoms with van der Waals surface area (Å²) in [5, 5.41) is 8.09. The first kappa shape index (κ1) is 13.8. The minimum absolute atomic E-state index is 0.245. The van der Waals surface area contributed by atoms with E-state index in [4.69, 9.17) is 9.15 Å². The molecule has 0 unspecified atom stereocenters. The van der Waals surface area contributed by atoms with Crippen LogP contribution in [0.5, 0.6) is 5.75 Å². The number of aromatic nitrogens is 2. The molecule has 0 bridgehead atoms. The summed E-state index contributed by atoms with van der Waals surface area (Å²) in [6.07, 6.45) is 0. The standard InChI is InChI=1S/C16H13BrN2O2/c1-11-5-2-3-8-14(11)16-19-18-15(21-16)10-20-13-7-4-6-12(17)9-13/h2-9H,10H2,1H3. The molecule has 0 radical (unpaired) electrons. The Balaban J connectivity index is 1.72. The molecule has 0 saturated heterocycles. The fraction of sp³-hybridized carbons (Fsp3) is 0.125. The summed E-state index contributed by atoms with van der Waals surface area (Å²) in [6, 6.07) is 15.5. The van der Waals surface area contributed by atoms with Crippen molar-refractivity contribution in [2.24, 2.45) is 0 Å². The summed E-state index contributed by atoms with van der Waals surface area (Å²) in [6.45, 7) is 2.26. The number of benzene rings is 2. The largest absolute Gasteiger partial charge is 0.484 e. The zero-order valence-electron chi connectivity index (χ0n) is 11.4. The van der Waals surface area contributed by atoms with Crippen molar-refractivity contribution in [1.29, 1.82) is 0 Å². The molecule has 0 N–H and O–H groups in total. The molecule has 0 aliphatic carbocycles. The van der Waals surface area contributed by atoms with E-state index in [2.05, 4.69) is 26.1 Å². The SMILES string of the molecule is Cc1ccccc1-c1nnc(COc2cccc(Br)c2)o1. The Morgan fingerprint density at radius 2 is 1.95 bits per heavy atom. The van der Waals surface area contributed by atoms with Crippen LogP contribution in [0.15, 0.2) is 57.4 Å². The molecule has 0 atom stereocenters. The molecule has 0 aliphatic rings. The van der Waals surface area contributed by atoms with Gasteiger partial charge in [0.25, 0.3) is 5.89 Å². The highest BCUT2D eigenvalue weighted by molar-refractivity contribution is 9.10. The first-order valence-electron chi connectivity index (χ1n) is 6.49. The summed E-state index contributed by atoms with van der Waals surface area (Å²) in [5.74, 6) is 1.72. The Kier molecular flexibility index (Phi) is 4.01. The Morgan fingerprint density at radius 1 is 1.10 bits per heavy atom. The molecule has 3 rings (SSSR count). The first-order chi connectivity index (χ1) is 10.2. The van der Waals surface area contributed by atoms with Crippen LogP contribution in [-0.2, 0) is 6.61 Å². The topological polar surface area (TPSA) is 48.2 Å². The highest BCUT2D eigenvalue weighted by Gasteiger charge is 2.10. The molecule has 0 aliphatic heterocycles. The quantitative estimate of drug-likeness (QED) is 0.704. The van der Waals surface area contributed by atoms with Crippen molar-refractivity contribution < 1.29 is 9.15 Å². The number of nitrogens with zero attached hydrogens (tertiary/aromatic N) is 2. The summed E-state index contributed by atoms with van der Waals surface area (Å²) in [4.78, 5) is 0. The van der Waals surface area contributed by atoms with E-state index in [0.29, 0.717) is 11.8 Å². The van der Waals surface area contributed by atoms with Crippen LogP contribution in [0, 0.1) is 6.92 Å². The highest BCUT2D eigenvalue weighted by Crippen LogP contribution is 2.22. The average Bonchev–Trinajstić information content (AvgIpc) is 2.94. The van der Waals surface area contributed by atoms with Crippen LogP contribution in [0.1, 0.15) is 11.5 Å². The predicted octanol–water partition coefficient (Wildman–Crippen LogP) is 4.39. The van der Waals surface area contributed by atoms with Crippen LogP contribution in [0.3, 0.4) is 0 Å². The molecule has 0 saturated carbocycles. The molecule has 0 spiro atoms. The normalized spacial score (nSPS) is 10.6. The third-order valence-electron chi connectivity index (χ3n) is 3.00. The van der Waals surface area contributed by atoms with Gasteiger partial charge in [-0.15, -0.1) is 10.2 Å². The van der Waals surface area contributed by atoms with Gasteiger partial charge in [0, 0.05) is 10.0 Å². The van der Waals surface area contributed by atoms with Crippen molar-refractivity contribution in [2.75, 3.05) is 0 Å². The van der Waals surface area contributed by atoms with Gasteiger partial charge in [-0.25, -0.2) is 0 Å². The minimum atomic E-state index is 0.245. The molecule has 2 aromatic carbocycles. The van der Waals surface area contributed by atoms with Crippen molar-refractivity contribution in [3.63, 3.8) is 0 Å². The van der Waals surface area contributed by atoms with Crippen molar-refractivity contribution in [2.45, 2.75) is 13.5 Å². The van der Waals surface area contributed by atoms with E-state index in [1.165, 1.54) is 0 Å². The first-order valence-corrected chi connectivity index (χ1v) is 7.28. The second-order valence-electron chi connectivity index (χ2n) is 4.56. The van der Waals surface area contributed by atoms with Gasteiger partial charge in [-0.3, -0.25) is 0 Å². The van der Waals surface area contributed by atoms with Crippen molar-refractivity contribution in [3.8, 4) is 17.2 Å². The lowest BCUT2D eigenvalue weighted by atomic mass is 10.1. The van der Waals surface area contributed by atoms with Gasteiger partial charge in [-0.05, 0) is 36.8 Å². The highest BCUT2D eigenvalue weighted by atomic mass is 79.9. The fourth-order valence-electron chi connectivity index (χ4n) is 1.94. The number of halogens is 1. The Labute approximate surface area is 130 Å². The van der Waals surface area contributed by atoms with E-state index in [1.807, 2.05) is 55.5 Å². The third kappa shape index (κ3) is 3.31. The van der Waals surface area contributed by atoms with Crippen molar-refractivity contribution in [3.05, 3.63) is 64.5 Å². The smallest absolute Gasteiger partial charge is 0.254 e. The van der Waals surface area contributed by atoms with Gasteiger partial charge >= 0.3 is 0 Å². The van der Waals surface area contributed by atoms with Gasteiger partial charge in [0.15, 0.2) is 6.61 Å². The summed E-state index contributed by atoms with van der Waals surface area (Å²) in [7, 11) is 0. The lowest BCUT2D eigenvalue weighted by Crippen LogP contribution is -1.95. The number of ether oxygens (including phenoxy) is 1. The molecule has 4 nitrogen and oxygen atoms in total. The van der Waals surface area contributed by atoms with Crippen LogP contribution < -0.4 is 4.74 Å². The fourth-order valence-corrected chi connectivity index (χ4v) is 2.31. The molecule has 1 aromatic heterocycles. The van der Waals surface area contributed by atoms with Crippen LogP contribution in [-0.4, -0.2) is 10.2 Å². The second-order valence-corrected chi connectivity index (χ2v) is 5.48. The van der Waals surface area contributed by atoms with Gasteiger partial charge in [-0.2, -0.15) is 0 Å². The van der Waals surface area contributed by atoms with E-state index in [-0.39, 0.29) is 6.61 Å². The van der Waals surface area contributed by atoms with Crippen LogP contribution in [0.2, 0.25) is 0 Å². The second kappa shape index (κ2) is 6.10. The van der Waals surface area contributed by atoms with Crippen LogP contribution in [0.4, 0.5) is 0 Å². The molecule has 106 valence electrons. The molecule has 0 amide bonds. The van der Waals surface area contributed by atoms with Crippen molar-refractivity contribution >= 4 is 15.9 Å². The molecule has 0 fully saturated rings. The Bertz CT molecular complexity index is 755. The molecule has 21 heavy (non-hydrogen) atoms. The minimum Gasteiger partial charge on any atom is -0.484 e. The maximum absolute atomic E-state index is 5.64. The van der Waals surface area contributed by atoms with Gasteiger partial charge in [-0.1, -0.05) is 40.2 Å². The van der Waals surface area contributed by atoms with Crippen LogP contribution in [0.25, 0.3) is 11.5 Å². The molecule has 1 heterocycles. The van der Waals surface area contributed by atoms with E-state index >= 15 is 0 Å². The molecule has 5 heteroatoms. The number of hydrogen-bond acceptors (Lipinski definition) is 4. The van der Waals surface area contributed by atoms with Gasteiger partial charge < -0.3 is 9.15 Å². The molecular weight excluding hydrogens is 332 g/mol. The molecular formula is C16H13BrN2O2. The maximum atomic E-state index is 5.64. The maximum Gasteiger partial charge on any atom is 0.254 e. The van der Waals surface area contributed by atoms with Gasteiger partial charge in [0.2, 0.25) is 5.89 Å². The van der Waals surface area contributed by atoms with E-state index in [0.717, 1.165) is 21.3 Å². The molecule has 3 aromatic rings. The monoisotopic (exact) mass is 344 g/mol. The van der Waals surface area contributed by atoms with Gasteiger partial charge in [0.05, 0.1) is 0 Å². The van der Waals surface area contributed by atoms with Crippen LogP contribution >= 0.6 is 15.9 Å². The Morgan fingerprint density at radius 3 is 2.76 bits per heavy atom. The predicted molar refractivity (Wildman–Crippen MR) is 82.9 cm³/mol. The zero-order valence-corrected chi connectivity index (χ0v) is 13.0. The van der Waals surface area contributed by atoms with E-state index in [9.17, 15) is 0 Å². The summed E-state index contributed by atoms with van der Waals surface area (Å²) < 4.78 is 12.2. The van der Waals surface area contributed by atoms with Gasteiger partial charge in [0.1, 0.15) is 5.75 Å². The average molecular weight is 345 g/mol. The number of rotatable bonds is 4. The summed E-state index contributed by atoms with van der Waals surface area (Å²) in [5.41, 5.74) is 2.04. The third-order valence-corrected chi connectivity index (χ3v) is 3.49. The summed E-state index contributed by atoms with van der Waals surface area (Å²) >= 11 is 3.40. The number of aryl methyl sites for hydroxylation is 1. The van der Waals surface area contributed by atoms with E-state index in [1.54, 1.807) is 0 Å². The van der Waals surface area contributed by atoms with E-state index < -0.39 is 0 Å². The van der Waals surface area contributed by atoms with Crippen molar-refractivity contribution in [1.82, 2.24) is 10.2 Å². The lowest BCUT2D eigenvalue weighted by Gasteiger charge is -2.03. The Hall–Kier alpha value is -2.14. The number of hydrogen-bond donors (Lipinski definition) is 0. The lowest BCUT2D eigenvalue weighted by molar-refractivity contribution is 0.264. The zero-order chi connectivity index (χ0) is 14.7.